The van der Waals surface area contributed by atoms with Gasteiger partial charge in [0.1, 0.15) is 17.5 Å². The molecule has 1 N–H and O–H groups in total. The minimum Gasteiger partial charge on any atom is -0.497 e. The van der Waals surface area contributed by atoms with Crippen LogP contribution >= 0.6 is 0 Å². The first-order valence-electron chi connectivity index (χ1n) is 12.3. The molecule has 1 atom stereocenters. The van der Waals surface area contributed by atoms with Crippen LogP contribution in [0, 0.1) is 13.8 Å². The zero-order valence-corrected chi connectivity index (χ0v) is 21.6. The lowest BCUT2D eigenvalue weighted by Crippen LogP contribution is -2.51. The summed E-state index contributed by atoms with van der Waals surface area (Å²) in [6.07, 6.45) is 1.21. The molecule has 3 aromatic rings. The van der Waals surface area contributed by atoms with Crippen molar-refractivity contribution < 1.29 is 19.1 Å². The van der Waals surface area contributed by atoms with E-state index in [0.29, 0.717) is 24.5 Å². The molecule has 36 heavy (non-hydrogen) atoms. The molecule has 0 aromatic heterocycles. The average Bonchev–Trinajstić information content (AvgIpc) is 2.88. The third kappa shape index (κ3) is 7.87. The molecule has 3 aromatic carbocycles. The van der Waals surface area contributed by atoms with Crippen LogP contribution in [-0.2, 0) is 22.6 Å². The van der Waals surface area contributed by atoms with E-state index in [2.05, 4.69) is 11.4 Å². The summed E-state index contributed by atoms with van der Waals surface area (Å²) in [4.78, 5) is 28.6. The number of aryl methyl sites for hydroxylation is 2. The van der Waals surface area contributed by atoms with Crippen LogP contribution in [0.5, 0.6) is 11.5 Å². The van der Waals surface area contributed by atoms with Crippen LogP contribution in [0.3, 0.4) is 0 Å². The topological polar surface area (TPSA) is 67.9 Å². The fourth-order valence-corrected chi connectivity index (χ4v) is 4.13. The van der Waals surface area contributed by atoms with Crippen molar-refractivity contribution in [1.82, 2.24) is 10.2 Å². The zero-order valence-electron chi connectivity index (χ0n) is 21.6. The largest absolute Gasteiger partial charge is 0.497 e. The van der Waals surface area contributed by atoms with E-state index < -0.39 is 6.04 Å². The van der Waals surface area contributed by atoms with E-state index in [1.165, 1.54) is 0 Å². The first-order valence-corrected chi connectivity index (χ1v) is 12.3. The summed E-state index contributed by atoms with van der Waals surface area (Å²) < 4.78 is 11.3. The fraction of sp³-hybridized carbons (Fsp3) is 0.333. The van der Waals surface area contributed by atoms with Gasteiger partial charge in [-0.1, -0.05) is 55.5 Å². The maximum Gasteiger partial charge on any atom is 0.261 e. The molecule has 0 heterocycles. The minimum atomic E-state index is -0.694. The van der Waals surface area contributed by atoms with Gasteiger partial charge < -0.3 is 19.7 Å². The van der Waals surface area contributed by atoms with Crippen LogP contribution < -0.4 is 14.8 Å². The van der Waals surface area contributed by atoms with E-state index in [0.717, 1.165) is 28.7 Å². The van der Waals surface area contributed by atoms with Crippen molar-refractivity contribution >= 4 is 11.8 Å². The van der Waals surface area contributed by atoms with Gasteiger partial charge in [-0.25, -0.2) is 0 Å². The first kappa shape index (κ1) is 26.8. The Labute approximate surface area is 214 Å². The molecule has 0 aliphatic rings. The number of carbonyl (C=O) groups is 2. The number of rotatable bonds is 12. The van der Waals surface area contributed by atoms with E-state index >= 15 is 0 Å². The van der Waals surface area contributed by atoms with Gasteiger partial charge in [-0.15, -0.1) is 0 Å². The standard InChI is InChI=1S/C30H36N2O4/c1-5-14-31-30(34)28(19-24-10-7-6-8-11-24)32(20-25-12-9-13-26(18-25)35-4)29(33)21-36-27-16-22(2)15-23(3)17-27/h6-13,15-18,28H,5,14,19-21H2,1-4H3,(H,31,34)/t28-/m1/s1. The highest BCUT2D eigenvalue weighted by molar-refractivity contribution is 5.88. The molecule has 0 saturated carbocycles. The summed E-state index contributed by atoms with van der Waals surface area (Å²) in [5.74, 6) is 0.895. The third-order valence-corrected chi connectivity index (χ3v) is 5.86. The molecule has 2 amide bonds. The quantitative estimate of drug-likeness (QED) is 0.396. The van der Waals surface area contributed by atoms with Crippen LogP contribution in [0.25, 0.3) is 0 Å². The molecule has 6 heteroatoms. The molecule has 190 valence electrons. The van der Waals surface area contributed by atoms with Gasteiger partial charge in [0.05, 0.1) is 7.11 Å². The maximum absolute atomic E-state index is 13.6. The van der Waals surface area contributed by atoms with Crippen molar-refractivity contribution in [3.05, 3.63) is 95.1 Å². The van der Waals surface area contributed by atoms with Gasteiger partial charge in [0, 0.05) is 19.5 Å². The number of amides is 2. The Balaban J connectivity index is 1.91. The van der Waals surface area contributed by atoms with Gasteiger partial charge in [-0.2, -0.15) is 0 Å². The van der Waals surface area contributed by atoms with Crippen LogP contribution in [0.4, 0.5) is 0 Å². The molecular weight excluding hydrogens is 452 g/mol. The lowest BCUT2D eigenvalue weighted by atomic mass is 10.0. The van der Waals surface area contributed by atoms with Crippen molar-refractivity contribution in [3.8, 4) is 11.5 Å². The van der Waals surface area contributed by atoms with Crippen molar-refractivity contribution in [2.45, 2.75) is 46.2 Å². The number of nitrogens with one attached hydrogen (secondary N) is 1. The Hall–Kier alpha value is -3.80. The zero-order chi connectivity index (χ0) is 25.9. The Morgan fingerprint density at radius 2 is 1.58 bits per heavy atom. The fourth-order valence-electron chi connectivity index (χ4n) is 4.13. The second-order valence-corrected chi connectivity index (χ2v) is 8.98. The normalized spacial score (nSPS) is 11.4. The van der Waals surface area contributed by atoms with E-state index in [1.807, 2.05) is 87.5 Å². The highest BCUT2D eigenvalue weighted by Crippen LogP contribution is 2.20. The highest BCUT2D eigenvalue weighted by Gasteiger charge is 2.30. The second-order valence-electron chi connectivity index (χ2n) is 8.98. The lowest BCUT2D eigenvalue weighted by Gasteiger charge is -2.31. The van der Waals surface area contributed by atoms with E-state index in [1.54, 1.807) is 12.0 Å². The summed E-state index contributed by atoms with van der Waals surface area (Å²) in [6, 6.07) is 22.5. The monoisotopic (exact) mass is 488 g/mol. The van der Waals surface area contributed by atoms with Gasteiger partial charge in [0.25, 0.3) is 5.91 Å². The predicted molar refractivity (Wildman–Crippen MR) is 142 cm³/mol. The predicted octanol–water partition coefficient (Wildman–Crippen LogP) is 4.86. The summed E-state index contributed by atoms with van der Waals surface area (Å²) in [5.41, 5.74) is 3.97. The molecule has 0 unspecified atom stereocenters. The van der Waals surface area contributed by atoms with Crippen molar-refractivity contribution in [2.75, 3.05) is 20.3 Å². The maximum atomic E-state index is 13.6. The first-order chi connectivity index (χ1) is 17.4. The lowest BCUT2D eigenvalue weighted by molar-refractivity contribution is -0.142. The second kappa shape index (κ2) is 13.3. The van der Waals surface area contributed by atoms with Crippen LogP contribution in [-0.4, -0.2) is 43.0 Å². The van der Waals surface area contributed by atoms with Gasteiger partial charge in [0.2, 0.25) is 5.91 Å². The van der Waals surface area contributed by atoms with Gasteiger partial charge in [-0.05, 0) is 66.8 Å². The highest BCUT2D eigenvalue weighted by atomic mass is 16.5. The van der Waals surface area contributed by atoms with Crippen LogP contribution in [0.15, 0.2) is 72.8 Å². The number of hydrogen-bond donors (Lipinski definition) is 1. The molecule has 0 radical (unpaired) electrons. The Kier molecular flexibility index (Phi) is 9.92. The number of carbonyl (C=O) groups excluding carboxylic acids is 2. The molecule has 3 rings (SSSR count). The summed E-state index contributed by atoms with van der Waals surface area (Å²) >= 11 is 0. The van der Waals surface area contributed by atoms with E-state index in [-0.39, 0.29) is 25.0 Å². The number of benzene rings is 3. The SMILES string of the molecule is CCCNC(=O)[C@@H](Cc1ccccc1)N(Cc1cccc(OC)c1)C(=O)COc1cc(C)cc(C)c1. The average molecular weight is 489 g/mol. The molecule has 0 aliphatic heterocycles. The van der Waals surface area contributed by atoms with Crippen LogP contribution in [0.2, 0.25) is 0 Å². The Morgan fingerprint density at radius 3 is 2.25 bits per heavy atom. The van der Waals surface area contributed by atoms with E-state index in [9.17, 15) is 9.59 Å². The number of methoxy groups -OCH3 is 1. The van der Waals surface area contributed by atoms with E-state index in [4.69, 9.17) is 9.47 Å². The van der Waals surface area contributed by atoms with Gasteiger partial charge >= 0.3 is 0 Å². The third-order valence-electron chi connectivity index (χ3n) is 5.86. The number of hydrogen-bond acceptors (Lipinski definition) is 4. The molecule has 0 spiro atoms. The molecule has 0 aliphatic carbocycles. The molecular formula is C30H36N2O4. The Bertz CT molecular complexity index is 1130. The number of nitrogens with zero attached hydrogens (tertiary/aromatic N) is 1. The summed E-state index contributed by atoms with van der Waals surface area (Å²) in [6.45, 7) is 6.62. The van der Waals surface area contributed by atoms with Crippen LogP contribution in [0.1, 0.15) is 35.6 Å². The molecule has 6 nitrogen and oxygen atoms in total. The Morgan fingerprint density at radius 1 is 0.889 bits per heavy atom. The summed E-state index contributed by atoms with van der Waals surface area (Å²) in [5, 5.41) is 2.99. The van der Waals surface area contributed by atoms with Gasteiger partial charge in [-0.3, -0.25) is 9.59 Å². The minimum absolute atomic E-state index is 0.167. The molecule has 0 bridgehead atoms. The van der Waals surface area contributed by atoms with Crippen molar-refractivity contribution in [3.63, 3.8) is 0 Å². The molecule has 0 saturated heterocycles. The summed E-state index contributed by atoms with van der Waals surface area (Å²) in [7, 11) is 1.61. The molecule has 0 fully saturated rings. The van der Waals surface area contributed by atoms with Gasteiger partial charge in [0.15, 0.2) is 6.61 Å². The van der Waals surface area contributed by atoms with Crippen molar-refractivity contribution in [1.29, 1.82) is 0 Å². The number of ether oxygens (including phenoxy) is 2. The smallest absolute Gasteiger partial charge is 0.261 e. The van der Waals surface area contributed by atoms with Crippen molar-refractivity contribution in [2.24, 2.45) is 0 Å².